The Kier molecular flexibility index (Phi) is 2.62. The van der Waals surface area contributed by atoms with Gasteiger partial charge in [-0.25, -0.2) is 9.97 Å². The molecular weight excluding hydrogens is 238 g/mol. The fourth-order valence-corrected chi connectivity index (χ4v) is 2.15. The molecule has 8 nitrogen and oxygen atoms in total. The number of aliphatic hydroxyl groups is 1. The standard InChI is InChI=1S/C10H13N5O3/c11-2-6-5(16)1-7(18-6)15-4-14-8-9(15)12-3-13-10(8)17/h3-7,16H,1-2,11H2,(H,12,13,17)/t5-,6+,7+/m0/s1. The third kappa shape index (κ3) is 1.62. The summed E-state index contributed by atoms with van der Waals surface area (Å²) >= 11 is 0. The SMILES string of the molecule is NC[C@H]1O[C@@H](n2cnc3c(O)ncnc32)C[C@@H]1O. The molecule has 96 valence electrons. The maximum atomic E-state index is 9.76. The van der Waals surface area contributed by atoms with Crippen molar-refractivity contribution in [2.45, 2.75) is 24.9 Å². The highest BCUT2D eigenvalue weighted by Gasteiger charge is 2.34. The van der Waals surface area contributed by atoms with E-state index in [1.807, 2.05) is 0 Å². The van der Waals surface area contributed by atoms with Crippen LogP contribution in [0.3, 0.4) is 0 Å². The number of aromatic hydroxyl groups is 1. The Hall–Kier alpha value is -1.77. The van der Waals surface area contributed by atoms with Gasteiger partial charge in [-0.15, -0.1) is 0 Å². The first-order valence-corrected chi connectivity index (χ1v) is 5.60. The molecule has 2 aromatic heterocycles. The summed E-state index contributed by atoms with van der Waals surface area (Å²) in [5.74, 6) is -0.173. The third-order valence-electron chi connectivity index (χ3n) is 3.09. The van der Waals surface area contributed by atoms with E-state index in [1.54, 1.807) is 4.57 Å². The number of nitrogens with zero attached hydrogens (tertiary/aromatic N) is 4. The number of hydrogen-bond donors (Lipinski definition) is 3. The van der Waals surface area contributed by atoms with Gasteiger partial charge in [0.15, 0.2) is 11.2 Å². The second kappa shape index (κ2) is 4.16. The molecule has 3 rings (SSSR count). The number of rotatable bonds is 2. The number of nitrogens with two attached hydrogens (primary N) is 1. The van der Waals surface area contributed by atoms with Crippen LogP contribution in [0.2, 0.25) is 0 Å². The largest absolute Gasteiger partial charge is 0.492 e. The minimum Gasteiger partial charge on any atom is -0.492 e. The smallest absolute Gasteiger partial charge is 0.242 e. The Morgan fingerprint density at radius 2 is 2.28 bits per heavy atom. The number of fused-ring (bicyclic) bond motifs is 1. The van der Waals surface area contributed by atoms with Crippen molar-refractivity contribution in [2.24, 2.45) is 5.73 Å². The Morgan fingerprint density at radius 3 is 3.00 bits per heavy atom. The molecule has 4 N–H and O–H groups in total. The maximum absolute atomic E-state index is 9.76. The van der Waals surface area contributed by atoms with Crippen LogP contribution >= 0.6 is 0 Å². The second-order valence-corrected chi connectivity index (χ2v) is 4.19. The van der Waals surface area contributed by atoms with Crippen molar-refractivity contribution in [3.8, 4) is 5.88 Å². The van der Waals surface area contributed by atoms with Crippen molar-refractivity contribution in [2.75, 3.05) is 6.54 Å². The van der Waals surface area contributed by atoms with Crippen molar-refractivity contribution in [1.82, 2.24) is 19.5 Å². The van der Waals surface area contributed by atoms with Gasteiger partial charge in [-0.05, 0) is 0 Å². The summed E-state index contributed by atoms with van der Waals surface area (Å²) in [6.45, 7) is 0.254. The molecule has 0 spiro atoms. The molecule has 0 saturated carbocycles. The summed E-state index contributed by atoms with van der Waals surface area (Å²) in [5, 5.41) is 19.3. The fourth-order valence-electron chi connectivity index (χ4n) is 2.15. The molecule has 1 aliphatic rings. The zero-order chi connectivity index (χ0) is 12.7. The first kappa shape index (κ1) is 11.3. The number of hydrogen-bond acceptors (Lipinski definition) is 7. The van der Waals surface area contributed by atoms with Crippen LogP contribution in [0.4, 0.5) is 0 Å². The van der Waals surface area contributed by atoms with Crippen LogP contribution < -0.4 is 5.73 Å². The van der Waals surface area contributed by atoms with Crippen LogP contribution in [-0.4, -0.2) is 48.5 Å². The predicted molar refractivity (Wildman–Crippen MR) is 60.6 cm³/mol. The van der Waals surface area contributed by atoms with Crippen LogP contribution in [0.15, 0.2) is 12.7 Å². The van der Waals surface area contributed by atoms with Gasteiger partial charge in [-0.3, -0.25) is 4.57 Å². The predicted octanol–water partition coefficient (Wildman–Crippen LogP) is -0.861. The zero-order valence-corrected chi connectivity index (χ0v) is 9.47. The lowest BCUT2D eigenvalue weighted by molar-refractivity contribution is -0.0115. The molecule has 0 radical (unpaired) electrons. The molecule has 1 saturated heterocycles. The van der Waals surface area contributed by atoms with Gasteiger partial charge in [0, 0.05) is 13.0 Å². The number of aromatic nitrogens is 4. The van der Waals surface area contributed by atoms with Gasteiger partial charge in [-0.1, -0.05) is 0 Å². The minimum atomic E-state index is -0.604. The molecule has 3 atom stereocenters. The fraction of sp³-hybridized carbons (Fsp3) is 0.500. The zero-order valence-electron chi connectivity index (χ0n) is 9.47. The van der Waals surface area contributed by atoms with E-state index in [2.05, 4.69) is 15.0 Å². The van der Waals surface area contributed by atoms with Gasteiger partial charge >= 0.3 is 0 Å². The van der Waals surface area contributed by atoms with Gasteiger partial charge in [0.25, 0.3) is 0 Å². The van der Waals surface area contributed by atoms with Crippen LogP contribution in [0, 0.1) is 0 Å². The average Bonchev–Trinajstić information content (AvgIpc) is 2.93. The van der Waals surface area contributed by atoms with E-state index >= 15 is 0 Å². The molecule has 2 aromatic rings. The van der Waals surface area contributed by atoms with Crippen LogP contribution in [0.25, 0.3) is 11.2 Å². The molecule has 0 bridgehead atoms. The van der Waals surface area contributed by atoms with E-state index < -0.39 is 6.10 Å². The van der Waals surface area contributed by atoms with Gasteiger partial charge in [0.05, 0.1) is 18.5 Å². The number of aliphatic hydroxyl groups excluding tert-OH is 1. The lowest BCUT2D eigenvalue weighted by Gasteiger charge is -2.13. The first-order chi connectivity index (χ1) is 8.70. The van der Waals surface area contributed by atoms with E-state index in [0.29, 0.717) is 17.6 Å². The summed E-state index contributed by atoms with van der Waals surface area (Å²) in [7, 11) is 0. The van der Waals surface area contributed by atoms with Crippen molar-refractivity contribution in [3.05, 3.63) is 12.7 Å². The Bertz CT molecular complexity index is 572. The quantitative estimate of drug-likeness (QED) is 0.635. The number of ether oxygens (including phenoxy) is 1. The molecule has 0 amide bonds. The highest BCUT2D eigenvalue weighted by atomic mass is 16.5. The summed E-state index contributed by atoms with van der Waals surface area (Å²) in [6.07, 6.45) is 1.80. The summed E-state index contributed by atoms with van der Waals surface area (Å²) in [4.78, 5) is 11.7. The maximum Gasteiger partial charge on any atom is 0.242 e. The molecule has 1 fully saturated rings. The van der Waals surface area contributed by atoms with Crippen molar-refractivity contribution >= 4 is 11.2 Å². The molecular formula is C10H13N5O3. The van der Waals surface area contributed by atoms with E-state index in [4.69, 9.17) is 10.5 Å². The highest BCUT2D eigenvalue weighted by Crippen LogP contribution is 2.31. The average molecular weight is 251 g/mol. The summed E-state index contributed by atoms with van der Waals surface area (Å²) < 4.78 is 7.28. The topological polar surface area (TPSA) is 119 Å². The van der Waals surface area contributed by atoms with Crippen LogP contribution in [0.5, 0.6) is 5.88 Å². The van der Waals surface area contributed by atoms with E-state index in [1.165, 1.54) is 12.7 Å². The van der Waals surface area contributed by atoms with Gasteiger partial charge < -0.3 is 20.7 Å². The van der Waals surface area contributed by atoms with E-state index in [0.717, 1.165) is 0 Å². The molecule has 8 heteroatoms. The minimum absolute atomic E-state index is 0.173. The summed E-state index contributed by atoms with van der Waals surface area (Å²) in [6, 6.07) is 0. The first-order valence-electron chi connectivity index (χ1n) is 5.60. The normalized spacial score (nSPS) is 28.0. The number of imidazole rings is 1. The molecule has 0 aliphatic carbocycles. The van der Waals surface area contributed by atoms with Crippen molar-refractivity contribution in [3.63, 3.8) is 0 Å². The third-order valence-corrected chi connectivity index (χ3v) is 3.09. The molecule has 3 heterocycles. The molecule has 18 heavy (non-hydrogen) atoms. The second-order valence-electron chi connectivity index (χ2n) is 4.19. The van der Waals surface area contributed by atoms with Crippen molar-refractivity contribution in [1.29, 1.82) is 0 Å². The Balaban J connectivity index is 1.99. The molecule has 0 aromatic carbocycles. The lowest BCUT2D eigenvalue weighted by Crippen LogP contribution is -2.29. The van der Waals surface area contributed by atoms with Gasteiger partial charge in [0.2, 0.25) is 5.88 Å². The lowest BCUT2D eigenvalue weighted by atomic mass is 10.2. The van der Waals surface area contributed by atoms with Gasteiger partial charge in [-0.2, -0.15) is 4.98 Å². The monoisotopic (exact) mass is 251 g/mol. The van der Waals surface area contributed by atoms with Crippen molar-refractivity contribution < 1.29 is 14.9 Å². The molecule has 1 aliphatic heterocycles. The Labute approximate surface area is 102 Å². The molecule has 0 unspecified atom stereocenters. The van der Waals surface area contributed by atoms with Gasteiger partial charge in [0.1, 0.15) is 12.6 Å². The van der Waals surface area contributed by atoms with E-state index in [-0.39, 0.29) is 24.8 Å². The van der Waals surface area contributed by atoms with Crippen LogP contribution in [0.1, 0.15) is 12.6 Å². The highest BCUT2D eigenvalue weighted by molar-refractivity contribution is 5.75. The van der Waals surface area contributed by atoms with Crippen LogP contribution in [-0.2, 0) is 4.74 Å². The summed E-state index contributed by atoms with van der Waals surface area (Å²) in [5.41, 5.74) is 6.28. The Morgan fingerprint density at radius 1 is 1.44 bits per heavy atom. The van der Waals surface area contributed by atoms with E-state index in [9.17, 15) is 10.2 Å².